The molecule has 1 fully saturated rings. The van der Waals surface area contributed by atoms with Crippen LogP contribution in [0, 0.1) is 0 Å². The van der Waals surface area contributed by atoms with E-state index in [0.717, 1.165) is 18.5 Å². The van der Waals surface area contributed by atoms with Gasteiger partial charge in [-0.1, -0.05) is 12.1 Å². The molecule has 25 heavy (non-hydrogen) atoms. The molecule has 4 rings (SSSR count). The number of piperidine rings is 1. The number of hydrogen-bond acceptors (Lipinski definition) is 4. The second-order valence-corrected chi connectivity index (χ2v) is 6.52. The molecule has 1 aliphatic heterocycles. The Hall–Kier alpha value is -2.83. The summed E-state index contributed by atoms with van der Waals surface area (Å²) in [6.07, 6.45) is 3.89. The Labute approximate surface area is 144 Å². The van der Waals surface area contributed by atoms with Crippen LogP contribution in [0.25, 0.3) is 11.1 Å². The summed E-state index contributed by atoms with van der Waals surface area (Å²) in [6.45, 7) is 1.36. The average molecular weight is 340 g/mol. The minimum atomic E-state index is -0.493. The molecular formula is C18H20N4O3. The zero-order valence-corrected chi connectivity index (χ0v) is 14.1. The molecule has 1 aromatic carbocycles. The number of amides is 1. The van der Waals surface area contributed by atoms with Gasteiger partial charge in [0.25, 0.3) is 0 Å². The van der Waals surface area contributed by atoms with Crippen LogP contribution in [0.4, 0.5) is 0 Å². The molecule has 0 saturated carbocycles. The van der Waals surface area contributed by atoms with Crippen molar-refractivity contribution in [1.82, 2.24) is 19.2 Å². The van der Waals surface area contributed by atoms with E-state index in [0.29, 0.717) is 24.2 Å². The number of nitrogens with zero attached hydrogens (tertiary/aromatic N) is 4. The van der Waals surface area contributed by atoms with Gasteiger partial charge in [0.05, 0.1) is 11.2 Å². The fourth-order valence-corrected chi connectivity index (χ4v) is 3.49. The summed E-state index contributed by atoms with van der Waals surface area (Å²) in [4.78, 5) is 26.6. The first-order valence-corrected chi connectivity index (χ1v) is 8.47. The van der Waals surface area contributed by atoms with Gasteiger partial charge in [0, 0.05) is 32.3 Å². The quantitative estimate of drug-likeness (QED) is 0.728. The number of benzene rings is 1. The number of fused-ring (bicyclic) bond motifs is 1. The van der Waals surface area contributed by atoms with Crippen molar-refractivity contribution in [2.24, 2.45) is 7.05 Å². The summed E-state index contributed by atoms with van der Waals surface area (Å²) < 4.78 is 8.39. The number of carbonyl (C=O) groups excluding carboxylic acids is 1. The summed E-state index contributed by atoms with van der Waals surface area (Å²) in [5, 5.41) is 4.47. The number of hydrogen-bond donors (Lipinski definition) is 0. The number of oxazole rings is 1. The van der Waals surface area contributed by atoms with Crippen LogP contribution in [-0.4, -0.2) is 38.2 Å². The highest BCUT2D eigenvalue weighted by Gasteiger charge is 2.27. The lowest BCUT2D eigenvalue weighted by Gasteiger charge is -2.32. The summed E-state index contributed by atoms with van der Waals surface area (Å²) in [5.74, 6) is -0.307. The second-order valence-electron chi connectivity index (χ2n) is 6.52. The fourth-order valence-electron chi connectivity index (χ4n) is 3.49. The zero-order chi connectivity index (χ0) is 17.4. The van der Waals surface area contributed by atoms with Crippen LogP contribution in [0.15, 0.2) is 45.7 Å². The third-order valence-electron chi connectivity index (χ3n) is 4.79. The Morgan fingerprint density at radius 3 is 2.96 bits per heavy atom. The van der Waals surface area contributed by atoms with Crippen molar-refractivity contribution in [3.63, 3.8) is 0 Å². The lowest BCUT2D eigenvalue weighted by atomic mass is 9.95. The number of aryl methyl sites for hydroxylation is 1. The SMILES string of the molecule is Cn1ccc(C2CCCN(C(=O)Cn3c(=O)oc4ccccc43)C2)n1. The summed E-state index contributed by atoms with van der Waals surface area (Å²) in [5.41, 5.74) is 2.18. The number of carbonyl (C=O) groups is 1. The van der Waals surface area contributed by atoms with Gasteiger partial charge >= 0.3 is 5.76 Å². The monoisotopic (exact) mass is 340 g/mol. The van der Waals surface area contributed by atoms with Gasteiger partial charge in [0.15, 0.2) is 5.58 Å². The van der Waals surface area contributed by atoms with Crippen LogP contribution in [0.2, 0.25) is 0 Å². The largest absolute Gasteiger partial charge is 0.420 e. The standard InChI is InChI=1S/C18H20N4O3/c1-20-10-8-14(19-20)13-5-4-9-21(11-13)17(23)12-22-15-6-2-3-7-16(15)25-18(22)24/h2-3,6-8,10,13H,4-5,9,11-12H2,1H3. The molecule has 3 aromatic rings. The normalized spacial score (nSPS) is 18.0. The molecule has 0 radical (unpaired) electrons. The van der Waals surface area contributed by atoms with E-state index in [-0.39, 0.29) is 18.4 Å². The first-order valence-electron chi connectivity index (χ1n) is 8.47. The first-order chi connectivity index (χ1) is 12.1. The zero-order valence-electron chi connectivity index (χ0n) is 14.1. The van der Waals surface area contributed by atoms with E-state index in [9.17, 15) is 9.59 Å². The molecule has 0 bridgehead atoms. The van der Waals surface area contributed by atoms with Crippen molar-refractivity contribution in [1.29, 1.82) is 0 Å². The highest BCUT2D eigenvalue weighted by atomic mass is 16.4. The first kappa shape index (κ1) is 15.7. The smallest absolute Gasteiger partial charge is 0.408 e. The maximum absolute atomic E-state index is 12.7. The molecule has 1 atom stereocenters. The van der Waals surface area contributed by atoms with E-state index in [1.807, 2.05) is 30.3 Å². The van der Waals surface area contributed by atoms with Crippen LogP contribution in [-0.2, 0) is 18.4 Å². The fraction of sp³-hybridized carbons (Fsp3) is 0.389. The predicted molar refractivity (Wildman–Crippen MR) is 92.2 cm³/mol. The molecule has 0 spiro atoms. The van der Waals surface area contributed by atoms with Crippen LogP contribution in [0.5, 0.6) is 0 Å². The van der Waals surface area contributed by atoms with Gasteiger partial charge in [-0.2, -0.15) is 5.10 Å². The Kier molecular flexibility index (Phi) is 3.91. The molecule has 1 aliphatic rings. The van der Waals surface area contributed by atoms with Crippen LogP contribution >= 0.6 is 0 Å². The molecule has 130 valence electrons. The van der Waals surface area contributed by atoms with Crippen molar-refractivity contribution < 1.29 is 9.21 Å². The minimum absolute atomic E-state index is 0.00475. The van der Waals surface area contributed by atoms with Crippen LogP contribution in [0.1, 0.15) is 24.5 Å². The topological polar surface area (TPSA) is 73.3 Å². The van der Waals surface area contributed by atoms with Crippen molar-refractivity contribution in [2.45, 2.75) is 25.3 Å². The van der Waals surface area contributed by atoms with E-state index in [2.05, 4.69) is 5.10 Å². The molecule has 1 saturated heterocycles. The lowest BCUT2D eigenvalue weighted by Crippen LogP contribution is -2.41. The van der Waals surface area contributed by atoms with Gasteiger partial charge in [-0.05, 0) is 31.0 Å². The highest BCUT2D eigenvalue weighted by Crippen LogP contribution is 2.25. The Bertz CT molecular complexity index is 968. The van der Waals surface area contributed by atoms with Gasteiger partial charge in [-0.25, -0.2) is 4.79 Å². The molecule has 0 aliphatic carbocycles. The van der Waals surface area contributed by atoms with E-state index < -0.39 is 5.76 Å². The Morgan fingerprint density at radius 2 is 2.16 bits per heavy atom. The van der Waals surface area contributed by atoms with Crippen molar-refractivity contribution >= 4 is 17.0 Å². The Morgan fingerprint density at radius 1 is 1.32 bits per heavy atom. The number of aromatic nitrogens is 3. The third kappa shape index (κ3) is 2.97. The molecule has 3 heterocycles. The van der Waals surface area contributed by atoms with Crippen LogP contribution in [0.3, 0.4) is 0 Å². The highest BCUT2D eigenvalue weighted by molar-refractivity contribution is 5.79. The summed E-state index contributed by atoms with van der Waals surface area (Å²) in [6, 6.07) is 9.17. The van der Waals surface area contributed by atoms with Crippen molar-refractivity contribution in [3.05, 3.63) is 52.8 Å². The average Bonchev–Trinajstić information content (AvgIpc) is 3.19. The van der Waals surface area contributed by atoms with Gasteiger partial charge in [0.1, 0.15) is 6.54 Å². The number of rotatable bonds is 3. The van der Waals surface area contributed by atoms with Gasteiger partial charge in [-0.15, -0.1) is 0 Å². The van der Waals surface area contributed by atoms with Gasteiger partial charge in [-0.3, -0.25) is 14.0 Å². The molecule has 1 amide bonds. The minimum Gasteiger partial charge on any atom is -0.408 e. The van der Waals surface area contributed by atoms with Crippen LogP contribution < -0.4 is 5.76 Å². The van der Waals surface area contributed by atoms with E-state index >= 15 is 0 Å². The van der Waals surface area contributed by atoms with E-state index in [1.165, 1.54) is 4.57 Å². The van der Waals surface area contributed by atoms with Gasteiger partial charge in [0.2, 0.25) is 5.91 Å². The summed E-state index contributed by atoms with van der Waals surface area (Å²) >= 11 is 0. The maximum Gasteiger partial charge on any atom is 0.420 e. The predicted octanol–water partition coefficient (Wildman–Crippen LogP) is 1.73. The second kappa shape index (κ2) is 6.23. The van der Waals surface area contributed by atoms with Crippen molar-refractivity contribution in [3.8, 4) is 0 Å². The lowest BCUT2D eigenvalue weighted by molar-refractivity contribution is -0.133. The molecule has 7 heteroatoms. The van der Waals surface area contributed by atoms with E-state index in [1.54, 1.807) is 22.9 Å². The molecular weight excluding hydrogens is 320 g/mol. The molecule has 2 aromatic heterocycles. The number of likely N-dealkylation sites (tertiary alicyclic amines) is 1. The summed E-state index contributed by atoms with van der Waals surface area (Å²) in [7, 11) is 1.89. The molecule has 1 unspecified atom stereocenters. The van der Waals surface area contributed by atoms with Crippen molar-refractivity contribution in [2.75, 3.05) is 13.1 Å². The Balaban J connectivity index is 1.52. The molecule has 0 N–H and O–H groups in total. The molecule has 7 nitrogen and oxygen atoms in total. The van der Waals surface area contributed by atoms with Gasteiger partial charge < -0.3 is 9.32 Å². The van der Waals surface area contributed by atoms with E-state index in [4.69, 9.17) is 4.42 Å². The number of para-hydroxylation sites is 2. The maximum atomic E-state index is 12.7. The third-order valence-corrected chi connectivity index (χ3v) is 4.79.